The lowest BCUT2D eigenvalue weighted by atomic mass is 9.96. The van der Waals surface area contributed by atoms with Gasteiger partial charge in [0.25, 0.3) is 10.0 Å². The number of hydrogen-bond donors (Lipinski definition) is 0. The van der Waals surface area contributed by atoms with Gasteiger partial charge in [0.2, 0.25) is 11.0 Å². The minimum absolute atomic E-state index is 0.194. The van der Waals surface area contributed by atoms with Crippen molar-refractivity contribution in [1.29, 1.82) is 0 Å². The van der Waals surface area contributed by atoms with Crippen LogP contribution in [0.25, 0.3) is 11.0 Å². The first kappa shape index (κ1) is 24.8. The summed E-state index contributed by atoms with van der Waals surface area (Å²) < 4.78 is 38.2. The van der Waals surface area contributed by atoms with E-state index in [4.69, 9.17) is 20.8 Å². The number of furan rings is 1. The van der Waals surface area contributed by atoms with Gasteiger partial charge in [-0.1, -0.05) is 11.6 Å². The Morgan fingerprint density at radius 3 is 2.50 bits per heavy atom. The number of ether oxygens (including phenoxy) is 1. The highest BCUT2D eigenvalue weighted by Gasteiger charge is 2.36. The molecule has 34 heavy (non-hydrogen) atoms. The summed E-state index contributed by atoms with van der Waals surface area (Å²) in [6.07, 6.45) is 1.23. The maximum absolute atomic E-state index is 13.1. The van der Waals surface area contributed by atoms with Crippen molar-refractivity contribution in [2.75, 3.05) is 39.3 Å². The second-order valence-corrected chi connectivity index (χ2v) is 12.1. The monoisotopic (exact) mass is 511 g/mol. The van der Waals surface area contributed by atoms with Crippen LogP contribution in [-0.2, 0) is 19.6 Å². The van der Waals surface area contributed by atoms with Gasteiger partial charge in [0.05, 0.1) is 6.54 Å². The predicted octanol–water partition coefficient (Wildman–Crippen LogP) is 3.57. The number of benzene rings is 1. The highest BCUT2D eigenvalue weighted by Crippen LogP contribution is 2.28. The van der Waals surface area contributed by atoms with Gasteiger partial charge in [-0.25, -0.2) is 13.2 Å². The minimum Gasteiger partial charge on any atom is -0.444 e. The van der Waals surface area contributed by atoms with Crippen molar-refractivity contribution < 1.29 is 27.2 Å². The molecule has 3 heterocycles. The summed E-state index contributed by atoms with van der Waals surface area (Å²) in [6, 6.07) is 6.32. The first-order chi connectivity index (χ1) is 15.9. The fourth-order valence-electron chi connectivity index (χ4n) is 4.27. The van der Waals surface area contributed by atoms with E-state index < -0.39 is 15.6 Å². The number of carbonyl (C=O) groups is 2. The van der Waals surface area contributed by atoms with Crippen LogP contribution in [0.5, 0.6) is 0 Å². The van der Waals surface area contributed by atoms with E-state index in [1.165, 1.54) is 6.07 Å². The summed E-state index contributed by atoms with van der Waals surface area (Å²) in [5.74, 6) is 0.0227. The molecule has 1 aromatic carbocycles. The Morgan fingerprint density at radius 2 is 1.85 bits per heavy atom. The highest BCUT2D eigenvalue weighted by molar-refractivity contribution is 7.89. The van der Waals surface area contributed by atoms with Crippen LogP contribution < -0.4 is 0 Å². The summed E-state index contributed by atoms with van der Waals surface area (Å²) in [6.45, 7) is 7.52. The molecule has 0 radical (unpaired) electrons. The molecule has 2 aliphatic heterocycles. The van der Waals surface area contributed by atoms with Gasteiger partial charge in [0.15, 0.2) is 0 Å². The molecular formula is C23H30ClN3O6S. The average Bonchev–Trinajstić information content (AvgIpc) is 3.18. The molecule has 0 spiro atoms. The number of amides is 2. The SMILES string of the molecule is CC(C)(C)OC(=O)N1CCC(CN2CCN(S(=O)(=O)c3cc4cc(Cl)ccc4o3)CC2=O)CC1. The Balaban J connectivity index is 1.32. The molecule has 11 heteroatoms. The second kappa shape index (κ2) is 9.39. The average molecular weight is 512 g/mol. The fourth-order valence-corrected chi connectivity index (χ4v) is 5.77. The molecule has 2 amide bonds. The fraction of sp³-hybridized carbons (Fsp3) is 0.565. The number of carbonyl (C=O) groups excluding carboxylic acids is 2. The van der Waals surface area contributed by atoms with E-state index in [9.17, 15) is 18.0 Å². The molecule has 4 rings (SSSR count). The van der Waals surface area contributed by atoms with Crippen LogP contribution in [0.15, 0.2) is 33.8 Å². The number of piperazine rings is 1. The zero-order chi connectivity index (χ0) is 24.7. The van der Waals surface area contributed by atoms with Gasteiger partial charge < -0.3 is 19.0 Å². The minimum atomic E-state index is -3.94. The molecule has 0 atom stereocenters. The standard InChI is InChI=1S/C23H30ClN3O6S/c1-23(2,3)33-22(29)25-8-6-16(7-9-25)14-26-10-11-27(15-20(26)28)34(30,31)21-13-17-12-18(24)4-5-19(17)32-21/h4-5,12-13,16H,6-11,14-15H2,1-3H3. The largest absolute Gasteiger partial charge is 0.444 e. The third-order valence-electron chi connectivity index (χ3n) is 6.08. The molecule has 0 bridgehead atoms. The maximum atomic E-state index is 13.1. The van der Waals surface area contributed by atoms with Crippen LogP contribution >= 0.6 is 11.6 Å². The van der Waals surface area contributed by atoms with Gasteiger partial charge in [0, 0.05) is 49.2 Å². The van der Waals surface area contributed by atoms with Crippen molar-refractivity contribution >= 4 is 44.6 Å². The van der Waals surface area contributed by atoms with Crippen LogP contribution in [0.4, 0.5) is 4.79 Å². The van der Waals surface area contributed by atoms with Crippen LogP contribution in [0.2, 0.25) is 5.02 Å². The third-order valence-corrected chi connectivity index (χ3v) is 8.01. The number of fused-ring (bicyclic) bond motifs is 1. The number of nitrogens with zero attached hydrogens (tertiary/aromatic N) is 3. The molecule has 186 valence electrons. The van der Waals surface area contributed by atoms with Gasteiger partial charge in [-0.3, -0.25) is 4.79 Å². The lowest BCUT2D eigenvalue weighted by molar-refractivity contribution is -0.135. The summed E-state index contributed by atoms with van der Waals surface area (Å²) in [4.78, 5) is 28.5. The number of piperidine rings is 1. The van der Waals surface area contributed by atoms with E-state index in [1.807, 2.05) is 20.8 Å². The summed E-state index contributed by atoms with van der Waals surface area (Å²) in [5, 5.41) is 0.882. The Labute approximate surface area is 204 Å². The Hall–Kier alpha value is -2.30. The predicted molar refractivity (Wildman–Crippen MR) is 127 cm³/mol. The van der Waals surface area contributed by atoms with E-state index in [2.05, 4.69) is 0 Å². The number of halogens is 1. The Morgan fingerprint density at radius 1 is 1.15 bits per heavy atom. The lowest BCUT2D eigenvalue weighted by Gasteiger charge is -2.38. The van der Waals surface area contributed by atoms with Gasteiger partial charge >= 0.3 is 6.09 Å². The van der Waals surface area contributed by atoms with Crippen molar-refractivity contribution in [2.45, 2.75) is 44.3 Å². The normalized spacial score (nSPS) is 19.1. The summed E-state index contributed by atoms with van der Waals surface area (Å²) >= 11 is 5.98. The van der Waals surface area contributed by atoms with E-state index in [1.54, 1.807) is 28.0 Å². The Bertz CT molecular complexity index is 1180. The molecule has 2 fully saturated rings. The number of rotatable bonds is 4. The van der Waals surface area contributed by atoms with Crippen molar-refractivity contribution in [3.8, 4) is 0 Å². The van der Waals surface area contributed by atoms with Crippen molar-refractivity contribution in [3.63, 3.8) is 0 Å². The number of sulfonamides is 1. The van der Waals surface area contributed by atoms with E-state index in [-0.39, 0.29) is 36.1 Å². The lowest BCUT2D eigenvalue weighted by Crippen LogP contribution is -2.53. The summed E-state index contributed by atoms with van der Waals surface area (Å²) in [5.41, 5.74) is -0.110. The van der Waals surface area contributed by atoms with Gasteiger partial charge in [-0.05, 0) is 57.7 Å². The van der Waals surface area contributed by atoms with E-state index in [0.717, 1.165) is 17.1 Å². The first-order valence-corrected chi connectivity index (χ1v) is 13.2. The number of hydrogen-bond acceptors (Lipinski definition) is 6. The third kappa shape index (κ3) is 5.50. The van der Waals surface area contributed by atoms with Gasteiger partial charge in [-0.2, -0.15) is 4.31 Å². The van der Waals surface area contributed by atoms with Crippen LogP contribution in [0.1, 0.15) is 33.6 Å². The molecule has 2 aromatic rings. The zero-order valence-corrected chi connectivity index (χ0v) is 21.2. The maximum Gasteiger partial charge on any atom is 0.410 e. The quantitative estimate of drug-likeness (QED) is 0.622. The molecule has 0 aliphatic carbocycles. The molecule has 2 aliphatic rings. The van der Waals surface area contributed by atoms with E-state index in [0.29, 0.717) is 42.2 Å². The number of likely N-dealkylation sites (tertiary alicyclic amines) is 1. The second-order valence-electron chi connectivity index (χ2n) is 9.84. The smallest absolute Gasteiger partial charge is 0.410 e. The van der Waals surface area contributed by atoms with Crippen molar-refractivity contribution in [1.82, 2.24) is 14.1 Å². The van der Waals surface area contributed by atoms with Gasteiger partial charge in [0.1, 0.15) is 11.2 Å². The molecule has 0 unspecified atom stereocenters. The molecule has 0 N–H and O–H groups in total. The van der Waals surface area contributed by atoms with Crippen molar-refractivity contribution in [3.05, 3.63) is 29.3 Å². The Kier molecular flexibility index (Phi) is 6.85. The van der Waals surface area contributed by atoms with E-state index >= 15 is 0 Å². The summed E-state index contributed by atoms with van der Waals surface area (Å²) in [7, 11) is -3.94. The molecule has 1 aromatic heterocycles. The zero-order valence-electron chi connectivity index (χ0n) is 19.6. The van der Waals surface area contributed by atoms with Crippen LogP contribution in [-0.4, -0.2) is 79.4 Å². The van der Waals surface area contributed by atoms with Crippen LogP contribution in [0.3, 0.4) is 0 Å². The molecule has 0 saturated carbocycles. The molecule has 2 saturated heterocycles. The van der Waals surface area contributed by atoms with Crippen LogP contribution in [0, 0.1) is 5.92 Å². The molecule has 9 nitrogen and oxygen atoms in total. The van der Waals surface area contributed by atoms with Gasteiger partial charge in [-0.15, -0.1) is 0 Å². The molecular weight excluding hydrogens is 482 g/mol. The first-order valence-electron chi connectivity index (χ1n) is 11.4. The topological polar surface area (TPSA) is 100 Å². The van der Waals surface area contributed by atoms with Crippen molar-refractivity contribution in [2.24, 2.45) is 5.92 Å². The highest BCUT2D eigenvalue weighted by atomic mass is 35.5.